The van der Waals surface area contributed by atoms with Crippen LogP contribution in [0.2, 0.25) is 0 Å². The van der Waals surface area contributed by atoms with Crippen LogP contribution >= 0.6 is 0 Å². The number of carbonyl (C=O) groups is 2. The van der Waals surface area contributed by atoms with Crippen LogP contribution in [0, 0.1) is 0 Å². The summed E-state index contributed by atoms with van der Waals surface area (Å²) in [6.07, 6.45) is 1.81. The molecule has 0 aromatic carbocycles. The molecule has 0 aromatic heterocycles. The minimum absolute atomic E-state index is 0.0131. The maximum absolute atomic E-state index is 12.4. The molecule has 1 aliphatic rings. The molecule has 1 heterocycles. The molecule has 1 rings (SSSR count). The molecule has 0 spiro atoms. The van der Waals surface area contributed by atoms with E-state index in [1.165, 1.54) is 7.11 Å². The van der Waals surface area contributed by atoms with E-state index in [0.717, 1.165) is 19.4 Å². The van der Waals surface area contributed by atoms with Crippen LogP contribution in [-0.4, -0.2) is 48.6 Å². The number of hydrogen-bond acceptors (Lipinski definition) is 4. The average molecular weight is 242 g/mol. The Morgan fingerprint density at radius 1 is 1.47 bits per heavy atom. The summed E-state index contributed by atoms with van der Waals surface area (Å²) in [6, 6.07) is -0.0131. The molecule has 0 radical (unpaired) electrons. The molecule has 1 unspecified atom stereocenters. The van der Waals surface area contributed by atoms with E-state index < -0.39 is 5.54 Å². The summed E-state index contributed by atoms with van der Waals surface area (Å²) in [7, 11) is 1.33. The normalized spacial score (nSPS) is 23.8. The Morgan fingerprint density at radius 2 is 2.12 bits per heavy atom. The molecule has 0 aromatic rings. The Balaban J connectivity index is 2.76. The maximum Gasteiger partial charge on any atom is 0.325 e. The van der Waals surface area contributed by atoms with Gasteiger partial charge < -0.3 is 15.0 Å². The molecule has 1 N–H and O–H groups in total. The summed E-state index contributed by atoms with van der Waals surface area (Å²) < 4.78 is 4.62. The van der Waals surface area contributed by atoms with Gasteiger partial charge in [0.2, 0.25) is 5.91 Å². The van der Waals surface area contributed by atoms with Crippen LogP contribution in [0.25, 0.3) is 0 Å². The lowest BCUT2D eigenvalue weighted by atomic mass is 9.97. The lowest BCUT2D eigenvalue weighted by Gasteiger charge is -2.33. The fourth-order valence-corrected chi connectivity index (χ4v) is 2.09. The van der Waals surface area contributed by atoms with E-state index in [9.17, 15) is 9.59 Å². The number of amides is 1. The summed E-state index contributed by atoms with van der Waals surface area (Å²) in [4.78, 5) is 25.3. The monoisotopic (exact) mass is 242 g/mol. The van der Waals surface area contributed by atoms with Gasteiger partial charge in [0.15, 0.2) is 0 Å². The molecule has 1 fully saturated rings. The van der Waals surface area contributed by atoms with Gasteiger partial charge in [-0.15, -0.1) is 0 Å². The predicted molar refractivity (Wildman–Crippen MR) is 64.5 cm³/mol. The highest BCUT2D eigenvalue weighted by Crippen LogP contribution is 2.22. The standard InChI is InChI=1S/C12H22N2O3/c1-9(2)14(8-10(15)17-4)11(16)12(3)6-5-7-13-12/h9,13H,5-8H2,1-4H3. The largest absolute Gasteiger partial charge is 0.468 e. The van der Waals surface area contributed by atoms with E-state index in [-0.39, 0.29) is 24.5 Å². The van der Waals surface area contributed by atoms with Crippen molar-refractivity contribution in [2.75, 3.05) is 20.2 Å². The Morgan fingerprint density at radius 3 is 2.53 bits per heavy atom. The molecule has 5 nitrogen and oxygen atoms in total. The highest BCUT2D eigenvalue weighted by atomic mass is 16.5. The third kappa shape index (κ3) is 3.19. The summed E-state index contributed by atoms with van der Waals surface area (Å²) >= 11 is 0. The van der Waals surface area contributed by atoms with Crippen LogP contribution in [-0.2, 0) is 14.3 Å². The fraction of sp³-hybridized carbons (Fsp3) is 0.833. The average Bonchev–Trinajstić information content (AvgIpc) is 2.72. The first-order valence-electron chi connectivity index (χ1n) is 6.03. The molecular formula is C12H22N2O3. The van der Waals surface area contributed by atoms with Crippen molar-refractivity contribution < 1.29 is 14.3 Å². The Hall–Kier alpha value is -1.10. The number of hydrogen-bond donors (Lipinski definition) is 1. The van der Waals surface area contributed by atoms with Gasteiger partial charge in [-0.25, -0.2) is 0 Å². The number of carbonyl (C=O) groups excluding carboxylic acids is 2. The lowest BCUT2D eigenvalue weighted by molar-refractivity contribution is -0.150. The SMILES string of the molecule is COC(=O)CN(C(=O)C1(C)CCCN1)C(C)C. The minimum Gasteiger partial charge on any atom is -0.468 e. The second-order valence-electron chi connectivity index (χ2n) is 4.97. The van der Waals surface area contributed by atoms with Gasteiger partial charge in [0.25, 0.3) is 0 Å². The van der Waals surface area contributed by atoms with E-state index in [0.29, 0.717) is 0 Å². The zero-order chi connectivity index (χ0) is 13.1. The summed E-state index contributed by atoms with van der Waals surface area (Å²) in [6.45, 7) is 6.57. The molecular weight excluding hydrogens is 220 g/mol. The summed E-state index contributed by atoms with van der Waals surface area (Å²) in [5.74, 6) is -0.399. The highest BCUT2D eigenvalue weighted by molar-refractivity contribution is 5.89. The van der Waals surface area contributed by atoms with Gasteiger partial charge in [0.1, 0.15) is 6.54 Å². The zero-order valence-electron chi connectivity index (χ0n) is 11.1. The Kier molecular flexibility index (Phi) is 4.51. The van der Waals surface area contributed by atoms with Gasteiger partial charge in [-0.3, -0.25) is 9.59 Å². The van der Waals surface area contributed by atoms with Gasteiger partial charge in [-0.1, -0.05) is 0 Å². The first-order chi connectivity index (χ1) is 7.90. The third-order valence-corrected chi connectivity index (χ3v) is 3.25. The highest BCUT2D eigenvalue weighted by Gasteiger charge is 2.40. The first-order valence-corrected chi connectivity index (χ1v) is 6.03. The maximum atomic E-state index is 12.4. The first kappa shape index (κ1) is 14.0. The number of methoxy groups -OCH3 is 1. The second kappa shape index (κ2) is 5.49. The van der Waals surface area contributed by atoms with Crippen LogP contribution in [0.5, 0.6) is 0 Å². The van der Waals surface area contributed by atoms with Crippen molar-refractivity contribution in [3.63, 3.8) is 0 Å². The van der Waals surface area contributed by atoms with Gasteiger partial charge >= 0.3 is 5.97 Å². The Bertz CT molecular complexity index is 296. The lowest BCUT2D eigenvalue weighted by Crippen LogP contribution is -2.56. The van der Waals surface area contributed by atoms with Crippen molar-refractivity contribution in [1.29, 1.82) is 0 Å². The van der Waals surface area contributed by atoms with Gasteiger partial charge in [-0.2, -0.15) is 0 Å². The molecule has 1 amide bonds. The molecule has 0 saturated carbocycles. The van der Waals surface area contributed by atoms with Crippen molar-refractivity contribution >= 4 is 11.9 Å². The smallest absolute Gasteiger partial charge is 0.325 e. The van der Waals surface area contributed by atoms with Gasteiger partial charge in [0, 0.05) is 6.04 Å². The summed E-state index contributed by atoms with van der Waals surface area (Å²) in [5.41, 5.74) is -0.529. The quantitative estimate of drug-likeness (QED) is 0.731. The Labute approximate surface area is 102 Å². The number of rotatable bonds is 4. The molecule has 0 aliphatic carbocycles. The van der Waals surface area contributed by atoms with Gasteiger partial charge in [0.05, 0.1) is 12.6 Å². The molecule has 98 valence electrons. The van der Waals surface area contributed by atoms with Crippen LogP contribution in [0.1, 0.15) is 33.6 Å². The van der Waals surface area contributed by atoms with Crippen molar-refractivity contribution in [1.82, 2.24) is 10.2 Å². The molecule has 5 heteroatoms. The van der Waals surface area contributed by atoms with E-state index in [4.69, 9.17) is 0 Å². The third-order valence-electron chi connectivity index (χ3n) is 3.25. The molecule has 1 saturated heterocycles. The van der Waals surface area contributed by atoms with Crippen LogP contribution < -0.4 is 5.32 Å². The predicted octanol–water partition coefficient (Wildman–Crippen LogP) is 0.538. The second-order valence-corrected chi connectivity index (χ2v) is 4.97. The topological polar surface area (TPSA) is 58.6 Å². The fourth-order valence-electron chi connectivity index (χ4n) is 2.09. The van der Waals surface area contributed by atoms with Gasteiger partial charge in [-0.05, 0) is 40.2 Å². The van der Waals surface area contributed by atoms with Crippen LogP contribution in [0.4, 0.5) is 0 Å². The molecule has 1 atom stereocenters. The van der Waals surface area contributed by atoms with Crippen molar-refractivity contribution in [2.24, 2.45) is 0 Å². The number of esters is 1. The minimum atomic E-state index is -0.529. The summed E-state index contributed by atoms with van der Waals surface area (Å²) in [5, 5.41) is 3.22. The van der Waals surface area contributed by atoms with E-state index in [2.05, 4.69) is 10.1 Å². The van der Waals surface area contributed by atoms with E-state index in [1.807, 2.05) is 20.8 Å². The number of nitrogens with one attached hydrogen (secondary N) is 1. The van der Waals surface area contributed by atoms with E-state index in [1.54, 1.807) is 4.90 Å². The van der Waals surface area contributed by atoms with Crippen LogP contribution in [0.3, 0.4) is 0 Å². The van der Waals surface area contributed by atoms with E-state index >= 15 is 0 Å². The molecule has 0 bridgehead atoms. The van der Waals surface area contributed by atoms with Crippen molar-refractivity contribution in [3.8, 4) is 0 Å². The molecule has 1 aliphatic heterocycles. The number of ether oxygens (including phenoxy) is 1. The zero-order valence-corrected chi connectivity index (χ0v) is 11.1. The van der Waals surface area contributed by atoms with Crippen molar-refractivity contribution in [3.05, 3.63) is 0 Å². The van der Waals surface area contributed by atoms with Crippen molar-refractivity contribution in [2.45, 2.75) is 45.2 Å². The van der Waals surface area contributed by atoms with Crippen LogP contribution in [0.15, 0.2) is 0 Å². The molecule has 17 heavy (non-hydrogen) atoms. The number of nitrogens with zero attached hydrogens (tertiary/aromatic N) is 1.